The second-order valence-electron chi connectivity index (χ2n) is 2.05. The molecule has 0 unspecified atom stereocenters. The summed E-state index contributed by atoms with van der Waals surface area (Å²) >= 11 is 0. The van der Waals surface area contributed by atoms with E-state index < -0.39 is 5.88 Å². The summed E-state index contributed by atoms with van der Waals surface area (Å²) in [4.78, 5) is 7.15. The third-order valence-corrected chi connectivity index (χ3v) is 1.34. The molecule has 11 heavy (non-hydrogen) atoms. The monoisotopic (exact) mass is 149 g/mol. The minimum Gasteiger partial charge on any atom is -0.859 e. The summed E-state index contributed by atoms with van der Waals surface area (Å²) in [6.45, 7) is 0. The van der Waals surface area contributed by atoms with Crippen molar-refractivity contribution in [3.8, 4) is 11.8 Å². The van der Waals surface area contributed by atoms with Gasteiger partial charge in [-0.25, -0.2) is 4.98 Å². The van der Waals surface area contributed by atoms with E-state index in [4.69, 9.17) is 0 Å². The van der Waals surface area contributed by atoms with Crippen molar-refractivity contribution < 1.29 is 10.2 Å². The molecule has 0 amide bonds. The van der Waals surface area contributed by atoms with E-state index in [1.54, 1.807) is 0 Å². The lowest BCUT2D eigenvalue weighted by atomic mass is 10.6. The van der Waals surface area contributed by atoms with Crippen LogP contribution in [0.25, 0.3) is 5.65 Å². The van der Waals surface area contributed by atoms with Crippen LogP contribution < -0.4 is 10.2 Å². The van der Waals surface area contributed by atoms with E-state index >= 15 is 0 Å². The van der Waals surface area contributed by atoms with Gasteiger partial charge in [0.2, 0.25) is 0 Å². The quantitative estimate of drug-likeness (QED) is 0.475. The van der Waals surface area contributed by atoms with Crippen LogP contribution >= 0.6 is 0 Å². The summed E-state index contributed by atoms with van der Waals surface area (Å²) < 4.78 is 1.16. The van der Waals surface area contributed by atoms with Crippen molar-refractivity contribution >= 4 is 5.65 Å². The van der Waals surface area contributed by atoms with E-state index in [-0.39, 0.29) is 5.88 Å². The molecule has 0 aliphatic rings. The first-order chi connectivity index (χ1) is 5.27. The number of rotatable bonds is 0. The molecule has 0 aromatic carbocycles. The van der Waals surface area contributed by atoms with Crippen LogP contribution in [0.3, 0.4) is 0 Å². The number of hydrogen-bond donors (Lipinski definition) is 0. The molecule has 2 aromatic heterocycles. The predicted molar refractivity (Wildman–Crippen MR) is 31.9 cm³/mol. The van der Waals surface area contributed by atoms with Crippen molar-refractivity contribution in [2.75, 3.05) is 0 Å². The van der Waals surface area contributed by atoms with Gasteiger partial charge in [-0.3, -0.25) is 4.98 Å². The summed E-state index contributed by atoms with van der Waals surface area (Å²) in [6.07, 6.45) is 3.53. The fourth-order valence-electron chi connectivity index (χ4n) is 0.849. The topological polar surface area (TPSA) is 76.3 Å². The van der Waals surface area contributed by atoms with E-state index in [0.717, 1.165) is 16.8 Å². The Morgan fingerprint density at radius 2 is 2.00 bits per heavy atom. The van der Waals surface area contributed by atoms with E-state index in [1.165, 1.54) is 6.20 Å². The second kappa shape index (κ2) is 1.85. The molecule has 0 aliphatic heterocycles. The zero-order chi connectivity index (χ0) is 7.84. The Morgan fingerprint density at radius 3 is 2.82 bits per heavy atom. The number of imidazole rings is 1. The molecule has 5 heteroatoms. The van der Waals surface area contributed by atoms with Crippen molar-refractivity contribution in [3.05, 3.63) is 18.6 Å². The Balaban J connectivity index is 2.87. The standard InChI is InChI=1S/C6H5N3O2/c10-5-3-9-4(1-8-5)7-2-6(9)11/h1-3,10-11H/p-2. The Labute approximate surface area is 61.6 Å². The summed E-state index contributed by atoms with van der Waals surface area (Å²) in [7, 11) is 0. The lowest BCUT2D eigenvalue weighted by molar-refractivity contribution is -0.281. The maximum atomic E-state index is 10.9. The molecule has 2 aromatic rings. The van der Waals surface area contributed by atoms with E-state index in [9.17, 15) is 10.2 Å². The van der Waals surface area contributed by atoms with Gasteiger partial charge in [0.15, 0.2) is 5.65 Å². The SMILES string of the molecule is [O-]c1cn2c([O-])cnc2cn1. The van der Waals surface area contributed by atoms with Gasteiger partial charge in [0.25, 0.3) is 0 Å². The van der Waals surface area contributed by atoms with Crippen molar-refractivity contribution in [1.29, 1.82) is 0 Å². The maximum Gasteiger partial charge on any atom is 0.154 e. The first kappa shape index (κ1) is 5.96. The lowest BCUT2D eigenvalue weighted by Gasteiger charge is -2.07. The predicted octanol–water partition coefficient (Wildman–Crippen LogP) is -1.12. The van der Waals surface area contributed by atoms with Gasteiger partial charge in [-0.1, -0.05) is 0 Å². The minimum atomic E-state index is -0.437. The number of nitrogens with zero attached hydrogens (tertiary/aromatic N) is 3. The molecule has 0 saturated carbocycles. The summed E-state index contributed by atoms with van der Waals surface area (Å²) in [5.41, 5.74) is 0.398. The van der Waals surface area contributed by atoms with Gasteiger partial charge in [-0.05, 0) is 5.88 Å². The van der Waals surface area contributed by atoms with E-state index in [0.29, 0.717) is 5.65 Å². The van der Waals surface area contributed by atoms with Gasteiger partial charge >= 0.3 is 0 Å². The first-order valence-corrected chi connectivity index (χ1v) is 2.94. The highest BCUT2D eigenvalue weighted by Crippen LogP contribution is 2.09. The van der Waals surface area contributed by atoms with Crippen LogP contribution in [-0.2, 0) is 0 Å². The molecule has 56 valence electrons. The van der Waals surface area contributed by atoms with Gasteiger partial charge in [0.1, 0.15) is 0 Å². The van der Waals surface area contributed by atoms with Crippen LogP contribution in [0.1, 0.15) is 0 Å². The van der Waals surface area contributed by atoms with E-state index in [2.05, 4.69) is 9.97 Å². The molecule has 0 N–H and O–H groups in total. The zero-order valence-corrected chi connectivity index (χ0v) is 5.39. The van der Waals surface area contributed by atoms with Crippen molar-refractivity contribution in [2.24, 2.45) is 0 Å². The number of fused-ring (bicyclic) bond motifs is 1. The average Bonchev–Trinajstić information content (AvgIpc) is 2.33. The third-order valence-electron chi connectivity index (χ3n) is 1.34. The molecule has 0 fully saturated rings. The first-order valence-electron chi connectivity index (χ1n) is 2.94. The third kappa shape index (κ3) is 0.778. The molecular weight excluding hydrogens is 146 g/mol. The van der Waals surface area contributed by atoms with Gasteiger partial charge in [0, 0.05) is 18.3 Å². The van der Waals surface area contributed by atoms with E-state index in [1.807, 2.05) is 0 Å². The largest absolute Gasteiger partial charge is 0.859 e. The molecule has 0 atom stereocenters. The van der Waals surface area contributed by atoms with Crippen LogP contribution in [0, 0.1) is 0 Å². The van der Waals surface area contributed by atoms with Gasteiger partial charge in [-0.15, -0.1) is 0 Å². The molecular formula is C6H3N3O2-2. The highest BCUT2D eigenvalue weighted by molar-refractivity contribution is 5.39. The molecule has 0 saturated heterocycles. The van der Waals surface area contributed by atoms with Crippen molar-refractivity contribution in [1.82, 2.24) is 14.4 Å². The summed E-state index contributed by atoms with van der Waals surface area (Å²) in [5, 5.41) is 21.5. The molecule has 0 radical (unpaired) electrons. The number of aromatic nitrogens is 3. The fraction of sp³-hybridized carbons (Fsp3) is 0. The molecule has 2 rings (SSSR count). The van der Waals surface area contributed by atoms with Gasteiger partial charge in [0.05, 0.1) is 6.20 Å². The smallest absolute Gasteiger partial charge is 0.154 e. The normalized spacial score (nSPS) is 10.5. The molecule has 0 spiro atoms. The van der Waals surface area contributed by atoms with Gasteiger partial charge < -0.3 is 14.6 Å². The lowest BCUT2D eigenvalue weighted by Crippen LogP contribution is -1.99. The second-order valence-corrected chi connectivity index (χ2v) is 2.05. The molecule has 2 heterocycles. The van der Waals surface area contributed by atoms with Crippen LogP contribution in [0.2, 0.25) is 0 Å². The maximum absolute atomic E-state index is 10.9. The van der Waals surface area contributed by atoms with Crippen LogP contribution in [0.15, 0.2) is 18.6 Å². The Morgan fingerprint density at radius 1 is 1.18 bits per heavy atom. The fourth-order valence-corrected chi connectivity index (χ4v) is 0.849. The van der Waals surface area contributed by atoms with Crippen molar-refractivity contribution in [2.45, 2.75) is 0 Å². The molecule has 0 aliphatic carbocycles. The van der Waals surface area contributed by atoms with Crippen LogP contribution in [-0.4, -0.2) is 14.4 Å². The zero-order valence-electron chi connectivity index (χ0n) is 5.39. The number of hydrogen-bond acceptors (Lipinski definition) is 4. The van der Waals surface area contributed by atoms with Crippen LogP contribution in [0.5, 0.6) is 11.8 Å². The van der Waals surface area contributed by atoms with Gasteiger partial charge in [-0.2, -0.15) is 0 Å². The Kier molecular flexibility index (Phi) is 1.00. The molecule has 0 bridgehead atoms. The highest BCUT2D eigenvalue weighted by atomic mass is 16.3. The minimum absolute atomic E-state index is 0.306. The summed E-state index contributed by atoms with van der Waals surface area (Å²) in [6, 6.07) is 0. The highest BCUT2D eigenvalue weighted by Gasteiger charge is 1.92. The van der Waals surface area contributed by atoms with Crippen LogP contribution in [0.4, 0.5) is 0 Å². The molecule has 5 nitrogen and oxygen atoms in total. The Hall–Kier alpha value is -1.78. The Bertz CT molecular complexity index is 396. The summed E-state index contributed by atoms with van der Waals surface area (Å²) in [5.74, 6) is -0.743. The van der Waals surface area contributed by atoms with Crippen molar-refractivity contribution in [3.63, 3.8) is 0 Å². The average molecular weight is 149 g/mol.